The van der Waals surface area contributed by atoms with Crippen molar-refractivity contribution in [3.05, 3.63) is 59.2 Å². The first kappa shape index (κ1) is 20.1. The summed E-state index contributed by atoms with van der Waals surface area (Å²) in [5.41, 5.74) is 1.57. The number of hydrogen-bond donors (Lipinski definition) is 0. The molecule has 1 aliphatic heterocycles. The van der Waals surface area contributed by atoms with Gasteiger partial charge in [-0.15, -0.1) is 0 Å². The molecule has 0 radical (unpaired) electrons. The van der Waals surface area contributed by atoms with Gasteiger partial charge in [0.2, 0.25) is 0 Å². The second kappa shape index (κ2) is 8.60. The lowest BCUT2D eigenvalue weighted by atomic mass is 9.92. The number of fused-ring (bicyclic) bond motifs is 1. The molecule has 0 saturated carbocycles. The number of imide groups is 1. The monoisotopic (exact) mass is 394 g/mol. The van der Waals surface area contributed by atoms with E-state index in [0.717, 1.165) is 6.42 Å². The molecule has 0 aromatic heterocycles. The molecule has 2 aromatic carbocycles. The maximum absolute atomic E-state index is 12.9. The van der Waals surface area contributed by atoms with Crippen molar-refractivity contribution in [2.75, 3.05) is 20.3 Å². The van der Waals surface area contributed by atoms with Crippen LogP contribution in [0.1, 0.15) is 34.8 Å². The van der Waals surface area contributed by atoms with E-state index < -0.39 is 24.3 Å². The van der Waals surface area contributed by atoms with Gasteiger partial charge in [-0.25, -0.2) is 0 Å². The van der Waals surface area contributed by atoms with Crippen molar-refractivity contribution >= 4 is 29.4 Å². The number of carboxylic acids is 1. The Labute approximate surface area is 168 Å². The Bertz CT molecular complexity index is 995. The normalized spacial score (nSPS) is 14.7. The van der Waals surface area contributed by atoms with Gasteiger partial charge in [0.05, 0.1) is 26.2 Å². The van der Waals surface area contributed by atoms with Crippen molar-refractivity contribution in [1.82, 2.24) is 4.90 Å². The van der Waals surface area contributed by atoms with Crippen LogP contribution in [0.2, 0.25) is 0 Å². The van der Waals surface area contributed by atoms with Crippen LogP contribution in [-0.2, 0) is 9.59 Å². The molecule has 0 atom stereocenters. The zero-order valence-corrected chi connectivity index (χ0v) is 16.1. The number of carboxylic acid groups (broad SMARTS) is 1. The highest BCUT2D eigenvalue weighted by Gasteiger charge is 2.34. The van der Waals surface area contributed by atoms with E-state index in [0.29, 0.717) is 34.1 Å². The third-order valence-electron chi connectivity index (χ3n) is 4.42. The Kier molecular flexibility index (Phi) is 5.97. The molecule has 29 heavy (non-hydrogen) atoms. The SMILES string of the molecule is CCCOc1cc(/C=C2\C(=O)N(CC(=O)[O-])C(=O)c3ccccc32)ccc1OC. The van der Waals surface area contributed by atoms with Gasteiger partial charge in [0, 0.05) is 11.1 Å². The van der Waals surface area contributed by atoms with Crippen molar-refractivity contribution in [3.63, 3.8) is 0 Å². The molecule has 150 valence electrons. The highest BCUT2D eigenvalue weighted by atomic mass is 16.5. The van der Waals surface area contributed by atoms with E-state index in [1.807, 2.05) is 6.92 Å². The third-order valence-corrected chi connectivity index (χ3v) is 4.42. The van der Waals surface area contributed by atoms with Gasteiger partial charge >= 0.3 is 0 Å². The topological polar surface area (TPSA) is 96.0 Å². The molecular weight excluding hydrogens is 374 g/mol. The van der Waals surface area contributed by atoms with Gasteiger partial charge in [0.25, 0.3) is 11.8 Å². The summed E-state index contributed by atoms with van der Waals surface area (Å²) in [6, 6.07) is 11.8. The van der Waals surface area contributed by atoms with E-state index >= 15 is 0 Å². The quantitative estimate of drug-likeness (QED) is 0.524. The van der Waals surface area contributed by atoms with Gasteiger partial charge in [-0.05, 0) is 41.8 Å². The minimum absolute atomic E-state index is 0.216. The predicted octanol–water partition coefficient (Wildman–Crippen LogP) is 1.76. The molecule has 0 aliphatic carbocycles. The molecule has 1 heterocycles. The predicted molar refractivity (Wildman–Crippen MR) is 104 cm³/mol. The molecule has 7 nitrogen and oxygen atoms in total. The van der Waals surface area contributed by atoms with Crippen LogP contribution in [0.25, 0.3) is 11.6 Å². The average Bonchev–Trinajstić information content (AvgIpc) is 2.72. The molecule has 2 amide bonds. The van der Waals surface area contributed by atoms with Crippen molar-refractivity contribution in [1.29, 1.82) is 0 Å². The molecule has 2 aromatic rings. The Hall–Kier alpha value is -3.61. The van der Waals surface area contributed by atoms with Crippen molar-refractivity contribution in [2.24, 2.45) is 0 Å². The lowest BCUT2D eigenvalue weighted by Gasteiger charge is -2.28. The van der Waals surface area contributed by atoms with Gasteiger partial charge in [-0.1, -0.05) is 31.2 Å². The molecule has 0 bridgehead atoms. The smallest absolute Gasteiger partial charge is 0.261 e. The minimum atomic E-state index is -1.51. The van der Waals surface area contributed by atoms with Crippen molar-refractivity contribution < 1.29 is 29.0 Å². The van der Waals surface area contributed by atoms with Crippen LogP contribution >= 0.6 is 0 Å². The minimum Gasteiger partial charge on any atom is -0.548 e. The summed E-state index contributed by atoms with van der Waals surface area (Å²) >= 11 is 0. The number of methoxy groups -OCH3 is 1. The Morgan fingerprint density at radius 2 is 1.79 bits per heavy atom. The number of rotatable bonds is 7. The van der Waals surface area contributed by atoms with Gasteiger partial charge in [-0.2, -0.15) is 0 Å². The van der Waals surface area contributed by atoms with E-state index in [2.05, 4.69) is 0 Å². The first-order chi connectivity index (χ1) is 14.0. The summed E-state index contributed by atoms with van der Waals surface area (Å²) in [7, 11) is 1.54. The third kappa shape index (κ3) is 4.13. The van der Waals surface area contributed by atoms with Crippen LogP contribution in [0.5, 0.6) is 11.5 Å². The van der Waals surface area contributed by atoms with Crippen molar-refractivity contribution in [3.8, 4) is 11.5 Å². The molecule has 7 heteroatoms. The van der Waals surface area contributed by atoms with Gasteiger partial charge < -0.3 is 19.4 Å². The molecule has 0 fully saturated rings. The zero-order valence-electron chi connectivity index (χ0n) is 16.1. The van der Waals surface area contributed by atoms with E-state index in [1.54, 1.807) is 48.5 Å². The van der Waals surface area contributed by atoms with E-state index in [4.69, 9.17) is 9.47 Å². The first-order valence-corrected chi connectivity index (χ1v) is 9.14. The van der Waals surface area contributed by atoms with Gasteiger partial charge in [-0.3, -0.25) is 14.5 Å². The summed E-state index contributed by atoms with van der Waals surface area (Å²) in [5, 5.41) is 11.0. The largest absolute Gasteiger partial charge is 0.548 e. The summed E-state index contributed by atoms with van der Waals surface area (Å²) in [6.07, 6.45) is 2.43. The summed E-state index contributed by atoms with van der Waals surface area (Å²) in [6.45, 7) is 1.68. The molecule has 0 N–H and O–H groups in total. The zero-order chi connectivity index (χ0) is 21.0. The van der Waals surface area contributed by atoms with Gasteiger partial charge in [0.15, 0.2) is 11.5 Å². The number of carbonyl (C=O) groups is 3. The second-order valence-corrected chi connectivity index (χ2v) is 6.43. The lowest BCUT2D eigenvalue weighted by molar-refractivity contribution is -0.305. The fourth-order valence-electron chi connectivity index (χ4n) is 3.09. The van der Waals surface area contributed by atoms with E-state index in [1.165, 1.54) is 7.11 Å². The Morgan fingerprint density at radius 1 is 1.07 bits per heavy atom. The fraction of sp³-hybridized carbons (Fsp3) is 0.227. The maximum atomic E-state index is 12.9. The van der Waals surface area contributed by atoms with Crippen molar-refractivity contribution in [2.45, 2.75) is 13.3 Å². The number of amides is 2. The first-order valence-electron chi connectivity index (χ1n) is 9.14. The van der Waals surface area contributed by atoms with Crippen LogP contribution in [0, 0.1) is 0 Å². The number of aliphatic carboxylic acids is 1. The second-order valence-electron chi connectivity index (χ2n) is 6.43. The van der Waals surface area contributed by atoms with Crippen LogP contribution in [0.3, 0.4) is 0 Å². The summed E-state index contributed by atoms with van der Waals surface area (Å²) in [4.78, 5) is 37.2. The summed E-state index contributed by atoms with van der Waals surface area (Å²) < 4.78 is 11.0. The molecular formula is C22H20NO6-. The van der Waals surface area contributed by atoms with E-state index in [9.17, 15) is 19.5 Å². The van der Waals surface area contributed by atoms with Crippen LogP contribution < -0.4 is 14.6 Å². The highest BCUT2D eigenvalue weighted by molar-refractivity contribution is 6.34. The number of nitrogens with zero attached hydrogens (tertiary/aromatic N) is 1. The highest BCUT2D eigenvalue weighted by Crippen LogP contribution is 2.33. The van der Waals surface area contributed by atoms with Crippen LogP contribution in [-0.4, -0.2) is 42.9 Å². The van der Waals surface area contributed by atoms with Crippen LogP contribution in [0.15, 0.2) is 42.5 Å². The Balaban J connectivity index is 2.09. The molecule has 0 spiro atoms. The Morgan fingerprint density at radius 3 is 2.45 bits per heavy atom. The average molecular weight is 394 g/mol. The molecule has 3 rings (SSSR count). The molecule has 0 unspecified atom stereocenters. The number of hydrogen-bond acceptors (Lipinski definition) is 6. The number of benzene rings is 2. The van der Waals surface area contributed by atoms with Gasteiger partial charge in [0.1, 0.15) is 0 Å². The standard InChI is InChI=1S/C22H21NO6/c1-3-10-29-19-12-14(8-9-18(19)28-2)11-17-15-6-4-5-7-16(15)21(26)23(22(17)27)13-20(24)25/h4-9,11-12H,3,10,13H2,1-2H3,(H,24,25)/p-1/b17-11-. The fourth-order valence-corrected chi connectivity index (χ4v) is 3.09. The number of carbonyl (C=O) groups excluding carboxylic acids is 3. The van der Waals surface area contributed by atoms with Crippen LogP contribution in [0.4, 0.5) is 0 Å². The molecule has 1 aliphatic rings. The lowest BCUT2D eigenvalue weighted by Crippen LogP contribution is -2.47. The molecule has 0 saturated heterocycles. The summed E-state index contributed by atoms with van der Waals surface area (Å²) in [5.74, 6) is -1.77. The van der Waals surface area contributed by atoms with E-state index in [-0.39, 0.29) is 11.1 Å². The maximum Gasteiger partial charge on any atom is 0.261 e. The number of ether oxygens (including phenoxy) is 2.